The smallest absolute Gasteiger partial charge is 0.321 e. The van der Waals surface area contributed by atoms with Crippen molar-refractivity contribution in [2.75, 3.05) is 0 Å². The van der Waals surface area contributed by atoms with Crippen molar-refractivity contribution in [3.05, 3.63) is 33.9 Å². The third kappa shape index (κ3) is 4.23. The van der Waals surface area contributed by atoms with E-state index in [4.69, 9.17) is 5.11 Å². The Kier molecular flexibility index (Phi) is 5.39. The third-order valence-electron chi connectivity index (χ3n) is 2.86. The fraction of sp³-hybridized carbons (Fsp3) is 0.417. The average Bonchev–Trinajstić information content (AvgIpc) is 2.37. The number of aryl methyl sites for hydroxylation is 1. The lowest BCUT2D eigenvalue weighted by Gasteiger charge is -2.14. The van der Waals surface area contributed by atoms with Gasteiger partial charge in [0.05, 0.1) is 9.82 Å². The van der Waals surface area contributed by atoms with Gasteiger partial charge in [-0.1, -0.05) is 19.4 Å². The van der Waals surface area contributed by atoms with E-state index in [0.29, 0.717) is 12.0 Å². The molecule has 0 radical (unpaired) electrons. The fourth-order valence-electron chi connectivity index (χ4n) is 1.73. The molecule has 0 spiro atoms. The van der Waals surface area contributed by atoms with Crippen LogP contribution in [0.3, 0.4) is 0 Å². The summed E-state index contributed by atoms with van der Waals surface area (Å²) in [6, 6.07) is 2.17. The van der Waals surface area contributed by atoms with Gasteiger partial charge in [-0.15, -0.1) is 0 Å². The zero-order valence-electron chi connectivity index (χ0n) is 11.6. The summed E-state index contributed by atoms with van der Waals surface area (Å²) >= 11 is 0. The first kappa shape index (κ1) is 17.1. The molecule has 1 aromatic rings. The molecule has 0 saturated heterocycles. The highest BCUT2D eigenvalue weighted by Crippen LogP contribution is 2.22. The molecular weight excluding hydrogens is 300 g/mol. The molecule has 1 rings (SSSR count). The number of rotatable bonds is 7. The summed E-state index contributed by atoms with van der Waals surface area (Å²) < 4.78 is 26.3. The van der Waals surface area contributed by atoms with Crippen molar-refractivity contribution >= 4 is 21.7 Å². The van der Waals surface area contributed by atoms with Crippen molar-refractivity contribution in [3.63, 3.8) is 0 Å². The van der Waals surface area contributed by atoms with Crippen molar-refractivity contribution < 1.29 is 23.2 Å². The topological polar surface area (TPSA) is 127 Å². The predicted octanol–water partition coefficient (Wildman–Crippen LogP) is 1.43. The SMILES string of the molecule is CCC[C@@H](NS(=O)(=O)c1ccc(C)c([N+](=O)[O-])c1)C(=O)O. The quantitative estimate of drug-likeness (QED) is 0.579. The van der Waals surface area contributed by atoms with Gasteiger partial charge in [-0.3, -0.25) is 14.9 Å². The van der Waals surface area contributed by atoms with E-state index < -0.39 is 27.0 Å². The van der Waals surface area contributed by atoms with E-state index in [1.54, 1.807) is 6.92 Å². The van der Waals surface area contributed by atoms with Gasteiger partial charge in [-0.25, -0.2) is 8.42 Å². The summed E-state index contributed by atoms with van der Waals surface area (Å²) in [5.74, 6) is -1.29. The number of carboxylic acids is 1. The van der Waals surface area contributed by atoms with Crippen LogP contribution in [0.2, 0.25) is 0 Å². The van der Waals surface area contributed by atoms with Gasteiger partial charge in [0.1, 0.15) is 6.04 Å². The Hall–Kier alpha value is -2.00. The predicted molar refractivity (Wildman–Crippen MR) is 74.5 cm³/mol. The zero-order valence-corrected chi connectivity index (χ0v) is 12.4. The number of sulfonamides is 1. The molecule has 1 aromatic carbocycles. The number of carbonyl (C=O) groups is 1. The maximum atomic E-state index is 12.1. The first-order valence-corrected chi connectivity index (χ1v) is 7.67. The third-order valence-corrected chi connectivity index (χ3v) is 4.33. The molecule has 116 valence electrons. The van der Waals surface area contributed by atoms with E-state index in [-0.39, 0.29) is 17.0 Å². The Bertz CT molecular complexity index is 656. The Morgan fingerprint density at radius 3 is 2.57 bits per heavy atom. The Labute approximate surface area is 122 Å². The Morgan fingerprint density at radius 2 is 2.10 bits per heavy atom. The molecule has 2 N–H and O–H groups in total. The van der Waals surface area contributed by atoms with Gasteiger partial charge in [0.25, 0.3) is 5.69 Å². The Morgan fingerprint density at radius 1 is 1.48 bits per heavy atom. The number of aliphatic carboxylic acids is 1. The van der Waals surface area contributed by atoms with Crippen molar-refractivity contribution in [2.24, 2.45) is 0 Å². The minimum atomic E-state index is -4.13. The van der Waals surface area contributed by atoms with E-state index in [1.165, 1.54) is 19.1 Å². The summed E-state index contributed by atoms with van der Waals surface area (Å²) in [7, 11) is -4.13. The number of nitrogens with one attached hydrogen (secondary N) is 1. The van der Waals surface area contributed by atoms with E-state index >= 15 is 0 Å². The number of benzene rings is 1. The monoisotopic (exact) mass is 316 g/mol. The van der Waals surface area contributed by atoms with Gasteiger partial charge in [-0.05, 0) is 19.4 Å². The first-order chi connectivity index (χ1) is 9.69. The summed E-state index contributed by atoms with van der Waals surface area (Å²) in [6.07, 6.45) is 0.607. The van der Waals surface area contributed by atoms with Crippen molar-refractivity contribution in [2.45, 2.75) is 37.6 Å². The first-order valence-electron chi connectivity index (χ1n) is 6.19. The summed E-state index contributed by atoms with van der Waals surface area (Å²) in [5, 5.41) is 19.8. The van der Waals surface area contributed by atoms with Gasteiger partial charge < -0.3 is 5.11 Å². The molecule has 0 bridgehead atoms. The van der Waals surface area contributed by atoms with E-state index in [0.717, 1.165) is 6.07 Å². The van der Waals surface area contributed by atoms with Gasteiger partial charge in [0.15, 0.2) is 0 Å². The van der Waals surface area contributed by atoms with Gasteiger partial charge in [0, 0.05) is 11.6 Å². The molecular formula is C12H16N2O6S. The van der Waals surface area contributed by atoms with Crippen LogP contribution in [0.1, 0.15) is 25.3 Å². The van der Waals surface area contributed by atoms with Gasteiger partial charge >= 0.3 is 5.97 Å². The highest BCUT2D eigenvalue weighted by atomic mass is 32.2. The summed E-state index contributed by atoms with van der Waals surface area (Å²) in [4.78, 5) is 20.8. The van der Waals surface area contributed by atoms with Crippen LogP contribution in [0.25, 0.3) is 0 Å². The molecule has 0 aromatic heterocycles. The molecule has 0 unspecified atom stereocenters. The molecule has 0 aliphatic heterocycles. The molecule has 0 aliphatic rings. The number of hydrogen-bond donors (Lipinski definition) is 2. The largest absolute Gasteiger partial charge is 0.480 e. The molecule has 9 heteroatoms. The van der Waals surface area contributed by atoms with Crippen molar-refractivity contribution in [3.8, 4) is 0 Å². The van der Waals surface area contributed by atoms with Crippen LogP contribution in [-0.4, -0.2) is 30.5 Å². The van der Waals surface area contributed by atoms with E-state index in [9.17, 15) is 23.3 Å². The summed E-state index contributed by atoms with van der Waals surface area (Å²) in [6.45, 7) is 3.21. The lowest BCUT2D eigenvalue weighted by molar-refractivity contribution is -0.385. The van der Waals surface area contributed by atoms with Crippen LogP contribution >= 0.6 is 0 Å². The lowest BCUT2D eigenvalue weighted by atomic mass is 10.2. The van der Waals surface area contributed by atoms with Crippen LogP contribution in [0.15, 0.2) is 23.1 Å². The number of nitro benzene ring substituents is 1. The lowest BCUT2D eigenvalue weighted by Crippen LogP contribution is -2.40. The highest BCUT2D eigenvalue weighted by molar-refractivity contribution is 7.89. The molecule has 21 heavy (non-hydrogen) atoms. The molecule has 8 nitrogen and oxygen atoms in total. The second-order valence-corrected chi connectivity index (χ2v) is 6.22. The standard InChI is InChI=1S/C12H16N2O6S/c1-3-4-10(12(15)16)13-21(19,20)9-6-5-8(2)11(7-9)14(17)18/h5-7,10,13H,3-4H2,1-2H3,(H,15,16)/t10-/m1/s1. The molecule has 0 amide bonds. The van der Waals surface area contributed by atoms with Crippen LogP contribution in [0, 0.1) is 17.0 Å². The van der Waals surface area contributed by atoms with Gasteiger partial charge in [-0.2, -0.15) is 4.72 Å². The van der Waals surface area contributed by atoms with E-state index in [2.05, 4.69) is 0 Å². The van der Waals surface area contributed by atoms with Crippen molar-refractivity contribution in [1.29, 1.82) is 0 Å². The molecule has 0 saturated carbocycles. The van der Waals surface area contributed by atoms with E-state index in [1.807, 2.05) is 4.72 Å². The minimum absolute atomic E-state index is 0.127. The maximum absolute atomic E-state index is 12.1. The molecule has 1 atom stereocenters. The number of hydrogen-bond acceptors (Lipinski definition) is 5. The minimum Gasteiger partial charge on any atom is -0.480 e. The number of nitro groups is 1. The van der Waals surface area contributed by atoms with Crippen LogP contribution in [0.5, 0.6) is 0 Å². The fourth-order valence-corrected chi connectivity index (χ4v) is 2.97. The number of carboxylic acid groups (broad SMARTS) is 1. The normalized spacial score (nSPS) is 12.9. The molecule has 0 heterocycles. The summed E-state index contributed by atoms with van der Waals surface area (Å²) in [5.41, 5.74) is -0.0115. The average molecular weight is 316 g/mol. The van der Waals surface area contributed by atoms with Crippen LogP contribution in [-0.2, 0) is 14.8 Å². The maximum Gasteiger partial charge on any atom is 0.321 e. The van der Waals surface area contributed by atoms with Gasteiger partial charge in [0.2, 0.25) is 10.0 Å². The molecule has 0 fully saturated rings. The Balaban J connectivity index is 3.16. The zero-order chi connectivity index (χ0) is 16.2. The molecule has 0 aliphatic carbocycles. The van der Waals surface area contributed by atoms with Crippen molar-refractivity contribution in [1.82, 2.24) is 4.72 Å². The second-order valence-electron chi connectivity index (χ2n) is 4.51. The highest BCUT2D eigenvalue weighted by Gasteiger charge is 2.26. The van der Waals surface area contributed by atoms with Crippen LogP contribution in [0.4, 0.5) is 5.69 Å². The van der Waals surface area contributed by atoms with Crippen LogP contribution < -0.4 is 4.72 Å². The second kappa shape index (κ2) is 6.64. The number of nitrogens with zero attached hydrogens (tertiary/aromatic N) is 1.